The molecule has 0 spiro atoms. The maximum atomic E-state index is 11.9. The number of sulfonamides is 1. The lowest BCUT2D eigenvalue weighted by atomic mass is 10.3. The van der Waals surface area contributed by atoms with Crippen LogP contribution in [0.5, 0.6) is 0 Å². The molecule has 2 amide bonds. The molecule has 0 heterocycles. The largest absolute Gasteiger partial charge is 0.337 e. The van der Waals surface area contributed by atoms with Crippen molar-refractivity contribution in [3.05, 3.63) is 24.3 Å². The summed E-state index contributed by atoms with van der Waals surface area (Å²) < 4.78 is 26.2. The molecule has 1 aromatic carbocycles. The molecule has 1 rings (SSSR count). The number of nitrogens with zero attached hydrogens (tertiary/aromatic N) is 1. The van der Waals surface area contributed by atoms with Crippen LogP contribution in [0, 0.1) is 0 Å². The predicted molar refractivity (Wildman–Crippen MR) is 76.5 cm³/mol. The Morgan fingerprint density at radius 1 is 1.20 bits per heavy atom. The van der Waals surface area contributed by atoms with Gasteiger partial charge in [0.25, 0.3) is 0 Å². The van der Waals surface area contributed by atoms with Crippen molar-refractivity contribution in [2.75, 3.05) is 32.6 Å². The van der Waals surface area contributed by atoms with Gasteiger partial charge in [-0.3, -0.25) is 5.84 Å². The second-order valence-electron chi connectivity index (χ2n) is 4.19. The molecule has 1 aromatic rings. The van der Waals surface area contributed by atoms with E-state index in [0.29, 0.717) is 5.69 Å². The maximum Gasteiger partial charge on any atom is 0.316 e. The van der Waals surface area contributed by atoms with Crippen LogP contribution in [0.4, 0.5) is 10.5 Å². The Kier molecular flexibility index (Phi) is 5.74. The van der Waals surface area contributed by atoms with E-state index in [-0.39, 0.29) is 24.0 Å². The first-order chi connectivity index (χ1) is 9.36. The summed E-state index contributed by atoms with van der Waals surface area (Å²) >= 11 is 0. The van der Waals surface area contributed by atoms with E-state index in [1.165, 1.54) is 17.0 Å². The van der Waals surface area contributed by atoms with Crippen molar-refractivity contribution in [1.29, 1.82) is 0 Å². The Bertz CT molecular complexity index is 542. The fourth-order valence-corrected chi connectivity index (χ4v) is 2.36. The standard InChI is InChI=1S/C11H19N5O3S/c1-16(2)11(17)13-7-8-14-20(18,19)10-5-3-9(15-12)4-6-10/h3-6,14-15H,7-8,12H2,1-2H3,(H,13,17). The molecule has 0 bridgehead atoms. The highest BCUT2D eigenvalue weighted by molar-refractivity contribution is 7.89. The number of hydrazine groups is 1. The van der Waals surface area contributed by atoms with Gasteiger partial charge in [-0.2, -0.15) is 0 Å². The van der Waals surface area contributed by atoms with Crippen molar-refractivity contribution in [3.8, 4) is 0 Å². The van der Waals surface area contributed by atoms with Gasteiger partial charge in [0.2, 0.25) is 10.0 Å². The van der Waals surface area contributed by atoms with E-state index in [9.17, 15) is 13.2 Å². The predicted octanol–water partition coefficient (Wildman–Crippen LogP) is -0.478. The molecular weight excluding hydrogens is 282 g/mol. The van der Waals surface area contributed by atoms with Gasteiger partial charge in [0.05, 0.1) is 4.90 Å². The van der Waals surface area contributed by atoms with E-state index < -0.39 is 10.0 Å². The topological polar surface area (TPSA) is 117 Å². The number of rotatable bonds is 6. The Morgan fingerprint density at radius 3 is 2.30 bits per heavy atom. The third-order valence-electron chi connectivity index (χ3n) is 2.43. The number of nitrogens with one attached hydrogen (secondary N) is 3. The summed E-state index contributed by atoms with van der Waals surface area (Å²) in [6.07, 6.45) is 0. The molecule has 112 valence electrons. The average Bonchev–Trinajstić information content (AvgIpc) is 2.43. The lowest BCUT2D eigenvalue weighted by Gasteiger charge is -2.12. The first-order valence-electron chi connectivity index (χ1n) is 5.88. The average molecular weight is 301 g/mol. The summed E-state index contributed by atoms with van der Waals surface area (Å²) in [6, 6.07) is 5.72. The molecule has 8 nitrogen and oxygen atoms in total. The molecule has 0 radical (unpaired) electrons. The van der Waals surface area contributed by atoms with Gasteiger partial charge in [0.1, 0.15) is 0 Å². The number of benzene rings is 1. The van der Waals surface area contributed by atoms with Crippen LogP contribution in [0.1, 0.15) is 0 Å². The van der Waals surface area contributed by atoms with Crippen molar-refractivity contribution in [3.63, 3.8) is 0 Å². The lowest BCUT2D eigenvalue weighted by molar-refractivity contribution is 0.217. The van der Waals surface area contributed by atoms with Gasteiger partial charge in [0.15, 0.2) is 0 Å². The Labute approximate surface area is 118 Å². The molecule has 0 aliphatic heterocycles. The second kappa shape index (κ2) is 7.08. The van der Waals surface area contributed by atoms with Crippen molar-refractivity contribution >= 4 is 21.7 Å². The number of nitrogens with two attached hydrogens (primary N) is 1. The van der Waals surface area contributed by atoms with E-state index in [0.717, 1.165) is 0 Å². The number of hydrogen-bond acceptors (Lipinski definition) is 5. The van der Waals surface area contributed by atoms with Crippen LogP contribution in [0.15, 0.2) is 29.2 Å². The highest BCUT2D eigenvalue weighted by Gasteiger charge is 2.13. The molecule has 0 unspecified atom stereocenters. The minimum Gasteiger partial charge on any atom is -0.337 e. The maximum absolute atomic E-state index is 11.9. The molecule has 0 fully saturated rings. The third-order valence-corrected chi connectivity index (χ3v) is 3.91. The van der Waals surface area contributed by atoms with Crippen LogP contribution in [-0.2, 0) is 10.0 Å². The Balaban J connectivity index is 2.51. The fraction of sp³-hybridized carbons (Fsp3) is 0.364. The van der Waals surface area contributed by atoms with Gasteiger partial charge < -0.3 is 15.6 Å². The first kappa shape index (κ1) is 16.2. The van der Waals surface area contributed by atoms with Crippen molar-refractivity contribution < 1.29 is 13.2 Å². The SMILES string of the molecule is CN(C)C(=O)NCCNS(=O)(=O)c1ccc(NN)cc1. The molecular formula is C11H19N5O3S. The number of carbonyl (C=O) groups is 1. The Hall–Kier alpha value is -1.84. The minimum absolute atomic E-state index is 0.110. The number of nitrogen functional groups attached to an aromatic ring is 1. The van der Waals surface area contributed by atoms with Crippen LogP contribution in [0.3, 0.4) is 0 Å². The van der Waals surface area contributed by atoms with Gasteiger partial charge in [-0.05, 0) is 24.3 Å². The summed E-state index contributed by atoms with van der Waals surface area (Å²) in [7, 11) is -0.380. The van der Waals surface area contributed by atoms with Gasteiger partial charge >= 0.3 is 6.03 Å². The van der Waals surface area contributed by atoms with Crippen LogP contribution in [0.2, 0.25) is 0 Å². The van der Waals surface area contributed by atoms with E-state index >= 15 is 0 Å². The quantitative estimate of drug-likeness (QED) is 0.322. The van der Waals surface area contributed by atoms with Crippen molar-refractivity contribution in [1.82, 2.24) is 14.9 Å². The summed E-state index contributed by atoms with van der Waals surface area (Å²) in [4.78, 5) is 12.7. The van der Waals surface area contributed by atoms with E-state index in [1.54, 1.807) is 26.2 Å². The summed E-state index contributed by atoms with van der Waals surface area (Å²) in [5.74, 6) is 5.20. The van der Waals surface area contributed by atoms with E-state index in [1.807, 2.05) is 0 Å². The van der Waals surface area contributed by atoms with E-state index in [4.69, 9.17) is 5.84 Å². The fourth-order valence-electron chi connectivity index (χ4n) is 1.33. The number of anilines is 1. The Morgan fingerprint density at radius 2 is 1.80 bits per heavy atom. The molecule has 0 atom stereocenters. The van der Waals surface area contributed by atoms with Crippen LogP contribution in [0.25, 0.3) is 0 Å². The molecule has 0 aliphatic rings. The van der Waals surface area contributed by atoms with Crippen molar-refractivity contribution in [2.45, 2.75) is 4.90 Å². The molecule has 0 aliphatic carbocycles. The van der Waals surface area contributed by atoms with Crippen molar-refractivity contribution in [2.24, 2.45) is 5.84 Å². The van der Waals surface area contributed by atoms with Crippen LogP contribution >= 0.6 is 0 Å². The number of amides is 2. The molecule has 9 heteroatoms. The zero-order valence-corrected chi connectivity index (χ0v) is 12.2. The molecule has 0 saturated carbocycles. The van der Waals surface area contributed by atoms with Gasteiger partial charge in [-0.25, -0.2) is 17.9 Å². The van der Waals surface area contributed by atoms with E-state index in [2.05, 4.69) is 15.5 Å². The highest BCUT2D eigenvalue weighted by atomic mass is 32.2. The summed E-state index contributed by atoms with van der Waals surface area (Å²) in [6.45, 7) is 0.317. The number of carbonyl (C=O) groups excluding carboxylic acids is 1. The second-order valence-corrected chi connectivity index (χ2v) is 5.96. The summed E-state index contributed by atoms with van der Waals surface area (Å²) in [5.41, 5.74) is 3.03. The molecule has 0 aromatic heterocycles. The smallest absolute Gasteiger partial charge is 0.316 e. The van der Waals surface area contributed by atoms with Gasteiger partial charge in [-0.15, -0.1) is 0 Å². The lowest BCUT2D eigenvalue weighted by Crippen LogP contribution is -2.39. The third kappa shape index (κ3) is 4.68. The van der Waals surface area contributed by atoms with Gasteiger partial charge in [-0.1, -0.05) is 0 Å². The van der Waals surface area contributed by atoms with Gasteiger partial charge in [0, 0.05) is 32.9 Å². The summed E-state index contributed by atoms with van der Waals surface area (Å²) in [5, 5.41) is 2.56. The number of urea groups is 1. The van der Waals surface area contributed by atoms with Crippen LogP contribution < -0.4 is 21.3 Å². The zero-order valence-electron chi connectivity index (χ0n) is 11.4. The van der Waals surface area contributed by atoms with Crippen LogP contribution in [-0.4, -0.2) is 46.5 Å². The molecule has 5 N–H and O–H groups in total. The molecule has 0 saturated heterocycles. The monoisotopic (exact) mass is 301 g/mol. The number of hydrogen-bond donors (Lipinski definition) is 4. The normalized spacial score (nSPS) is 10.9. The molecule has 20 heavy (non-hydrogen) atoms. The minimum atomic E-state index is -3.59. The first-order valence-corrected chi connectivity index (χ1v) is 7.36. The highest BCUT2D eigenvalue weighted by Crippen LogP contribution is 2.12. The zero-order chi connectivity index (χ0) is 15.2.